The van der Waals surface area contributed by atoms with Gasteiger partial charge in [0, 0.05) is 19.2 Å². The van der Waals surface area contributed by atoms with E-state index in [1.165, 1.54) is 12.8 Å². The summed E-state index contributed by atoms with van der Waals surface area (Å²) in [5.41, 5.74) is 0. The highest BCUT2D eigenvalue weighted by Crippen LogP contribution is 2.19. The molecule has 0 aromatic heterocycles. The number of hydrogen-bond acceptors (Lipinski definition) is 3. The zero-order chi connectivity index (χ0) is 9.97. The second kappa shape index (κ2) is 4.60. The van der Waals surface area contributed by atoms with Crippen molar-refractivity contribution in [1.29, 1.82) is 0 Å². The second-order valence-corrected chi connectivity index (χ2v) is 4.53. The van der Waals surface area contributed by atoms with E-state index in [1.54, 1.807) is 0 Å². The van der Waals surface area contributed by atoms with Crippen molar-refractivity contribution in [3.63, 3.8) is 0 Å². The van der Waals surface area contributed by atoms with E-state index in [4.69, 9.17) is 9.47 Å². The first-order chi connectivity index (χ1) is 6.75. The Bertz CT molecular complexity index is 186. The molecule has 0 radical (unpaired) electrons. The highest BCUT2D eigenvalue weighted by molar-refractivity contribution is 4.81. The quantitative estimate of drug-likeness (QED) is 0.743. The van der Waals surface area contributed by atoms with Crippen LogP contribution in [0.5, 0.6) is 0 Å². The van der Waals surface area contributed by atoms with Gasteiger partial charge in [-0.25, -0.2) is 0 Å². The maximum Gasteiger partial charge on any atom is 0.0704 e. The fourth-order valence-electron chi connectivity index (χ4n) is 2.32. The third-order valence-corrected chi connectivity index (χ3v) is 3.30. The molecule has 0 aromatic rings. The Labute approximate surface area is 86.2 Å². The number of rotatable bonds is 3. The molecule has 2 fully saturated rings. The summed E-state index contributed by atoms with van der Waals surface area (Å²) in [6.07, 6.45) is 4.81. The molecule has 3 nitrogen and oxygen atoms in total. The van der Waals surface area contributed by atoms with Crippen LogP contribution in [0.15, 0.2) is 0 Å². The molecule has 0 saturated carbocycles. The van der Waals surface area contributed by atoms with Gasteiger partial charge in [-0.2, -0.15) is 0 Å². The molecule has 2 rings (SSSR count). The van der Waals surface area contributed by atoms with Gasteiger partial charge in [0.15, 0.2) is 0 Å². The lowest BCUT2D eigenvalue weighted by Gasteiger charge is -2.19. The smallest absolute Gasteiger partial charge is 0.0704 e. The average Bonchev–Trinajstić information content (AvgIpc) is 2.72. The summed E-state index contributed by atoms with van der Waals surface area (Å²) in [7, 11) is 0. The largest absolute Gasteiger partial charge is 0.377 e. The maximum absolute atomic E-state index is 5.75. The van der Waals surface area contributed by atoms with E-state index in [0.717, 1.165) is 19.6 Å². The minimum atomic E-state index is 0.369. The van der Waals surface area contributed by atoms with Gasteiger partial charge in [0.05, 0.1) is 18.3 Å². The summed E-state index contributed by atoms with van der Waals surface area (Å²) in [4.78, 5) is 0. The Hall–Kier alpha value is -0.120. The third-order valence-electron chi connectivity index (χ3n) is 3.30. The van der Waals surface area contributed by atoms with Crippen molar-refractivity contribution >= 4 is 0 Å². The van der Waals surface area contributed by atoms with Crippen LogP contribution in [0.4, 0.5) is 0 Å². The van der Waals surface area contributed by atoms with Crippen molar-refractivity contribution in [2.75, 3.05) is 13.2 Å². The van der Waals surface area contributed by atoms with Crippen LogP contribution in [-0.4, -0.2) is 37.5 Å². The SMILES string of the molecule is CC1CCC(CN[C@@H]2CCO[C@@H]2C)O1. The molecule has 2 saturated heterocycles. The van der Waals surface area contributed by atoms with Crippen molar-refractivity contribution < 1.29 is 9.47 Å². The lowest BCUT2D eigenvalue weighted by atomic mass is 10.1. The fourth-order valence-corrected chi connectivity index (χ4v) is 2.32. The molecular formula is C11H21NO2. The molecule has 14 heavy (non-hydrogen) atoms. The van der Waals surface area contributed by atoms with Gasteiger partial charge in [-0.15, -0.1) is 0 Å². The Kier molecular flexibility index (Phi) is 3.42. The summed E-state index contributed by atoms with van der Waals surface area (Å²) in [5.74, 6) is 0. The third kappa shape index (κ3) is 2.47. The van der Waals surface area contributed by atoms with E-state index in [-0.39, 0.29) is 0 Å². The van der Waals surface area contributed by atoms with Gasteiger partial charge < -0.3 is 14.8 Å². The van der Waals surface area contributed by atoms with E-state index >= 15 is 0 Å². The molecule has 2 heterocycles. The maximum atomic E-state index is 5.75. The summed E-state index contributed by atoms with van der Waals surface area (Å²) < 4.78 is 11.3. The van der Waals surface area contributed by atoms with Gasteiger partial charge in [-0.05, 0) is 33.1 Å². The van der Waals surface area contributed by atoms with Crippen LogP contribution in [0.25, 0.3) is 0 Å². The van der Waals surface area contributed by atoms with Gasteiger partial charge in [0.1, 0.15) is 0 Å². The Morgan fingerprint density at radius 2 is 2.07 bits per heavy atom. The second-order valence-electron chi connectivity index (χ2n) is 4.53. The minimum absolute atomic E-state index is 0.369. The Morgan fingerprint density at radius 3 is 2.64 bits per heavy atom. The topological polar surface area (TPSA) is 30.5 Å². The minimum Gasteiger partial charge on any atom is -0.377 e. The molecule has 2 unspecified atom stereocenters. The molecule has 2 aliphatic rings. The molecule has 3 heteroatoms. The first-order valence-electron chi connectivity index (χ1n) is 5.76. The summed E-state index contributed by atoms with van der Waals surface area (Å²) >= 11 is 0. The fraction of sp³-hybridized carbons (Fsp3) is 1.00. The van der Waals surface area contributed by atoms with E-state index in [1.807, 2.05) is 0 Å². The molecule has 2 aliphatic heterocycles. The van der Waals surface area contributed by atoms with Crippen LogP contribution >= 0.6 is 0 Å². The van der Waals surface area contributed by atoms with E-state index in [9.17, 15) is 0 Å². The number of ether oxygens (including phenoxy) is 2. The van der Waals surface area contributed by atoms with Crippen molar-refractivity contribution in [3.8, 4) is 0 Å². The number of nitrogens with one attached hydrogen (secondary N) is 1. The van der Waals surface area contributed by atoms with Crippen LogP contribution in [0.2, 0.25) is 0 Å². The van der Waals surface area contributed by atoms with E-state index < -0.39 is 0 Å². The standard InChI is InChI=1S/C11H21NO2/c1-8-3-4-10(14-8)7-12-11-5-6-13-9(11)2/h8-12H,3-7H2,1-2H3/t8?,9-,10?,11-/m1/s1. The molecule has 0 spiro atoms. The molecular weight excluding hydrogens is 178 g/mol. The van der Waals surface area contributed by atoms with Gasteiger partial charge in [-0.1, -0.05) is 0 Å². The van der Waals surface area contributed by atoms with Crippen molar-refractivity contribution in [3.05, 3.63) is 0 Å². The summed E-state index contributed by atoms with van der Waals surface area (Å²) in [6.45, 7) is 6.19. The van der Waals surface area contributed by atoms with E-state index in [0.29, 0.717) is 24.4 Å². The van der Waals surface area contributed by atoms with Crippen molar-refractivity contribution in [2.24, 2.45) is 0 Å². The van der Waals surface area contributed by atoms with Crippen LogP contribution in [0.3, 0.4) is 0 Å². The molecule has 0 aliphatic carbocycles. The average molecular weight is 199 g/mol. The Morgan fingerprint density at radius 1 is 1.21 bits per heavy atom. The van der Waals surface area contributed by atoms with Crippen LogP contribution < -0.4 is 5.32 Å². The number of hydrogen-bond donors (Lipinski definition) is 1. The highest BCUT2D eigenvalue weighted by atomic mass is 16.5. The van der Waals surface area contributed by atoms with Crippen LogP contribution in [0.1, 0.15) is 33.1 Å². The van der Waals surface area contributed by atoms with Gasteiger partial charge in [0.2, 0.25) is 0 Å². The molecule has 1 N–H and O–H groups in total. The van der Waals surface area contributed by atoms with Crippen molar-refractivity contribution in [1.82, 2.24) is 5.32 Å². The lowest BCUT2D eigenvalue weighted by Crippen LogP contribution is -2.39. The van der Waals surface area contributed by atoms with Crippen LogP contribution in [0, 0.1) is 0 Å². The molecule has 4 atom stereocenters. The first kappa shape index (κ1) is 10.4. The predicted molar refractivity (Wildman–Crippen MR) is 55.4 cm³/mol. The zero-order valence-electron chi connectivity index (χ0n) is 9.16. The first-order valence-corrected chi connectivity index (χ1v) is 5.76. The molecule has 0 bridgehead atoms. The van der Waals surface area contributed by atoms with Crippen LogP contribution in [-0.2, 0) is 9.47 Å². The van der Waals surface area contributed by atoms with E-state index in [2.05, 4.69) is 19.2 Å². The predicted octanol–water partition coefficient (Wildman–Crippen LogP) is 1.32. The lowest BCUT2D eigenvalue weighted by molar-refractivity contribution is 0.0511. The molecule has 0 amide bonds. The van der Waals surface area contributed by atoms with Gasteiger partial charge >= 0.3 is 0 Å². The Balaban J connectivity index is 1.67. The zero-order valence-corrected chi connectivity index (χ0v) is 9.16. The van der Waals surface area contributed by atoms with Crippen molar-refractivity contribution in [2.45, 2.75) is 57.5 Å². The summed E-state index contributed by atoms with van der Waals surface area (Å²) in [5, 5.41) is 3.54. The summed E-state index contributed by atoms with van der Waals surface area (Å²) in [6, 6.07) is 0.537. The highest BCUT2D eigenvalue weighted by Gasteiger charge is 2.26. The monoisotopic (exact) mass is 199 g/mol. The normalized spacial score (nSPS) is 43.3. The molecule has 0 aromatic carbocycles. The molecule has 82 valence electrons. The van der Waals surface area contributed by atoms with Gasteiger partial charge in [0.25, 0.3) is 0 Å². The van der Waals surface area contributed by atoms with Gasteiger partial charge in [-0.3, -0.25) is 0 Å².